The lowest BCUT2D eigenvalue weighted by atomic mass is 10.0. The first-order chi connectivity index (χ1) is 10.3. The summed E-state index contributed by atoms with van der Waals surface area (Å²) < 4.78 is 16.0. The zero-order valence-electron chi connectivity index (χ0n) is 12.8. The Bertz CT molecular complexity index is 381. The van der Waals surface area contributed by atoms with Crippen LogP contribution in [0.25, 0.3) is 0 Å². The van der Waals surface area contributed by atoms with E-state index in [9.17, 15) is 4.79 Å². The Balaban J connectivity index is 1.65. The zero-order chi connectivity index (χ0) is 14.9. The number of cyclic esters (lactones) is 1. The maximum Gasteiger partial charge on any atom is 0.310 e. The van der Waals surface area contributed by atoms with Crippen molar-refractivity contribution in [2.45, 2.75) is 32.3 Å². The summed E-state index contributed by atoms with van der Waals surface area (Å²) >= 11 is 0. The van der Waals surface area contributed by atoms with Crippen molar-refractivity contribution in [3.05, 3.63) is 0 Å². The summed E-state index contributed by atoms with van der Waals surface area (Å²) in [5.74, 6) is 6.06. The molecule has 2 heterocycles. The summed E-state index contributed by atoms with van der Waals surface area (Å²) in [5, 5.41) is 0. The summed E-state index contributed by atoms with van der Waals surface area (Å²) in [6.45, 7) is 7.51. The Morgan fingerprint density at radius 2 is 2.14 bits per heavy atom. The minimum atomic E-state index is -0.124. The summed E-state index contributed by atoms with van der Waals surface area (Å²) in [7, 11) is 0. The Kier molecular flexibility index (Phi) is 7.01. The Morgan fingerprint density at radius 1 is 1.33 bits per heavy atom. The topological polar surface area (TPSA) is 48.0 Å². The zero-order valence-corrected chi connectivity index (χ0v) is 12.8. The van der Waals surface area contributed by atoms with Gasteiger partial charge >= 0.3 is 5.97 Å². The second-order valence-electron chi connectivity index (χ2n) is 5.51. The van der Waals surface area contributed by atoms with Gasteiger partial charge in [-0.05, 0) is 6.42 Å². The minimum Gasteiger partial charge on any atom is -0.460 e. The van der Waals surface area contributed by atoms with Crippen molar-refractivity contribution in [2.75, 3.05) is 46.1 Å². The number of rotatable bonds is 6. The average molecular weight is 295 g/mol. The molecule has 2 rings (SSSR count). The van der Waals surface area contributed by atoms with Crippen LogP contribution in [0.2, 0.25) is 0 Å². The number of nitrogens with zero attached hydrogens (tertiary/aromatic N) is 1. The van der Waals surface area contributed by atoms with E-state index in [0.717, 1.165) is 52.3 Å². The number of hydrogen-bond acceptors (Lipinski definition) is 5. The number of carbonyl (C=O) groups is 1. The molecule has 0 aromatic heterocycles. The van der Waals surface area contributed by atoms with Gasteiger partial charge in [-0.15, -0.1) is 5.92 Å². The molecule has 0 aromatic rings. The molecule has 0 bridgehead atoms. The van der Waals surface area contributed by atoms with Gasteiger partial charge in [-0.2, -0.15) is 0 Å². The summed E-state index contributed by atoms with van der Waals surface area (Å²) in [6.07, 6.45) is 2.22. The smallest absolute Gasteiger partial charge is 0.310 e. The van der Waals surface area contributed by atoms with Gasteiger partial charge in [-0.1, -0.05) is 12.8 Å². The Morgan fingerprint density at radius 3 is 2.90 bits per heavy atom. The van der Waals surface area contributed by atoms with Crippen LogP contribution in [0.1, 0.15) is 26.2 Å². The van der Waals surface area contributed by atoms with Gasteiger partial charge in [0.15, 0.2) is 0 Å². The van der Waals surface area contributed by atoms with E-state index in [2.05, 4.69) is 23.7 Å². The molecule has 118 valence electrons. The lowest BCUT2D eigenvalue weighted by molar-refractivity contribution is -0.146. The highest BCUT2D eigenvalue weighted by molar-refractivity contribution is 5.75. The van der Waals surface area contributed by atoms with Gasteiger partial charge < -0.3 is 14.2 Å². The first-order valence-electron chi connectivity index (χ1n) is 7.83. The number of carbonyl (C=O) groups excluding carboxylic acids is 1. The number of ether oxygens (including phenoxy) is 3. The molecular formula is C16H25NO4. The van der Waals surface area contributed by atoms with Crippen molar-refractivity contribution in [3.8, 4) is 11.8 Å². The predicted molar refractivity (Wildman–Crippen MR) is 78.7 cm³/mol. The molecule has 0 amide bonds. The molecular weight excluding hydrogens is 270 g/mol. The van der Waals surface area contributed by atoms with E-state index in [0.29, 0.717) is 13.0 Å². The molecule has 5 nitrogen and oxygen atoms in total. The molecule has 5 heteroatoms. The molecule has 0 spiro atoms. The molecule has 2 unspecified atom stereocenters. The lowest BCUT2D eigenvalue weighted by Crippen LogP contribution is -2.36. The monoisotopic (exact) mass is 295 g/mol. The standard InChI is InChI=1S/C16H25NO4/c1-2-9-20-13-15-12-14(16(18)21-15)5-3-4-6-17-7-10-19-11-8-17/h14-15H,2,5-13H2,1H3. The van der Waals surface area contributed by atoms with Crippen LogP contribution in [-0.4, -0.2) is 63.0 Å². The van der Waals surface area contributed by atoms with E-state index < -0.39 is 0 Å². The van der Waals surface area contributed by atoms with Crippen molar-refractivity contribution in [3.63, 3.8) is 0 Å². The van der Waals surface area contributed by atoms with Crippen molar-refractivity contribution < 1.29 is 19.0 Å². The molecule has 2 atom stereocenters. The molecule has 0 radical (unpaired) electrons. The van der Waals surface area contributed by atoms with Crippen LogP contribution in [0.5, 0.6) is 0 Å². The van der Waals surface area contributed by atoms with Crippen molar-refractivity contribution in [2.24, 2.45) is 5.92 Å². The summed E-state index contributed by atoms with van der Waals surface area (Å²) in [6, 6.07) is 0. The third kappa shape index (κ3) is 5.66. The highest BCUT2D eigenvalue weighted by Crippen LogP contribution is 2.23. The molecule has 2 fully saturated rings. The fourth-order valence-electron chi connectivity index (χ4n) is 2.47. The first kappa shape index (κ1) is 16.3. The summed E-state index contributed by atoms with van der Waals surface area (Å²) in [5.41, 5.74) is 0. The van der Waals surface area contributed by atoms with Crippen molar-refractivity contribution in [1.82, 2.24) is 4.90 Å². The van der Waals surface area contributed by atoms with Gasteiger partial charge in [0.1, 0.15) is 6.10 Å². The van der Waals surface area contributed by atoms with E-state index in [1.807, 2.05) is 0 Å². The van der Waals surface area contributed by atoms with E-state index >= 15 is 0 Å². The SMILES string of the molecule is CCCOCC1CC(CC#CCN2CCOCC2)C(=O)O1. The first-order valence-corrected chi connectivity index (χ1v) is 7.83. The fraction of sp³-hybridized carbons (Fsp3) is 0.812. The largest absolute Gasteiger partial charge is 0.460 e. The predicted octanol–water partition coefficient (Wildman–Crippen LogP) is 1.07. The van der Waals surface area contributed by atoms with Crippen LogP contribution in [0.3, 0.4) is 0 Å². The highest BCUT2D eigenvalue weighted by Gasteiger charge is 2.33. The Hall–Kier alpha value is -1.09. The second-order valence-corrected chi connectivity index (χ2v) is 5.51. The van der Waals surface area contributed by atoms with Gasteiger partial charge in [0, 0.05) is 32.5 Å². The molecule has 2 saturated heterocycles. The van der Waals surface area contributed by atoms with Gasteiger partial charge in [0.25, 0.3) is 0 Å². The molecule has 21 heavy (non-hydrogen) atoms. The number of morpholine rings is 1. The van der Waals surface area contributed by atoms with Crippen LogP contribution in [0.15, 0.2) is 0 Å². The van der Waals surface area contributed by atoms with Crippen molar-refractivity contribution >= 4 is 5.97 Å². The maximum absolute atomic E-state index is 11.7. The minimum absolute atomic E-state index is 0.0857. The normalized spacial score (nSPS) is 26.2. The Labute approximate surface area is 126 Å². The average Bonchev–Trinajstić information content (AvgIpc) is 2.85. The van der Waals surface area contributed by atoms with Crippen LogP contribution in [0.4, 0.5) is 0 Å². The highest BCUT2D eigenvalue weighted by atomic mass is 16.6. The molecule has 2 aliphatic heterocycles. The molecule has 0 aliphatic carbocycles. The third-order valence-corrected chi connectivity index (χ3v) is 3.70. The molecule has 0 N–H and O–H groups in total. The second kappa shape index (κ2) is 9.04. The quantitative estimate of drug-likeness (QED) is 0.417. The van der Waals surface area contributed by atoms with Crippen LogP contribution >= 0.6 is 0 Å². The van der Waals surface area contributed by atoms with E-state index in [1.54, 1.807) is 0 Å². The van der Waals surface area contributed by atoms with Crippen LogP contribution < -0.4 is 0 Å². The fourth-order valence-corrected chi connectivity index (χ4v) is 2.47. The molecule has 2 aliphatic rings. The van der Waals surface area contributed by atoms with Crippen LogP contribution in [0, 0.1) is 17.8 Å². The number of hydrogen-bond donors (Lipinski definition) is 0. The van der Waals surface area contributed by atoms with E-state index in [1.165, 1.54) is 0 Å². The molecule has 0 saturated carbocycles. The number of esters is 1. The lowest BCUT2D eigenvalue weighted by Gasteiger charge is -2.24. The van der Waals surface area contributed by atoms with E-state index in [-0.39, 0.29) is 18.0 Å². The van der Waals surface area contributed by atoms with Gasteiger partial charge in [-0.25, -0.2) is 0 Å². The summed E-state index contributed by atoms with van der Waals surface area (Å²) in [4.78, 5) is 14.0. The third-order valence-electron chi connectivity index (χ3n) is 3.70. The van der Waals surface area contributed by atoms with E-state index in [4.69, 9.17) is 14.2 Å². The maximum atomic E-state index is 11.7. The molecule has 0 aromatic carbocycles. The van der Waals surface area contributed by atoms with Crippen LogP contribution in [-0.2, 0) is 19.0 Å². The van der Waals surface area contributed by atoms with Crippen molar-refractivity contribution in [1.29, 1.82) is 0 Å². The van der Waals surface area contributed by atoms with Gasteiger partial charge in [0.05, 0.1) is 32.3 Å². The van der Waals surface area contributed by atoms with Gasteiger partial charge in [-0.3, -0.25) is 9.69 Å². The van der Waals surface area contributed by atoms with Gasteiger partial charge in [0.2, 0.25) is 0 Å².